The van der Waals surface area contributed by atoms with E-state index in [0.29, 0.717) is 0 Å². The monoisotopic (exact) mass is 311 g/mol. The summed E-state index contributed by atoms with van der Waals surface area (Å²) in [5, 5.41) is 0. The smallest absolute Gasteiger partial charge is 0.152 e. The van der Waals surface area contributed by atoms with Crippen LogP contribution in [-0.4, -0.2) is 5.84 Å². The summed E-state index contributed by atoms with van der Waals surface area (Å²) in [6.45, 7) is 0. The van der Waals surface area contributed by atoms with Gasteiger partial charge in [-0.05, 0) is 0 Å². The van der Waals surface area contributed by atoms with Gasteiger partial charge >= 0.3 is 0 Å². The fourth-order valence-electron chi connectivity index (χ4n) is 2.73. The quantitative estimate of drug-likeness (QED) is 0.765. The molecule has 3 heteroatoms. The summed E-state index contributed by atoms with van der Waals surface area (Å²) < 4.78 is 0. The lowest BCUT2D eigenvalue weighted by Gasteiger charge is -2.23. The van der Waals surface area contributed by atoms with E-state index in [1.54, 1.807) is 0 Å². The minimum Gasteiger partial charge on any atom is -0.297 e. The summed E-state index contributed by atoms with van der Waals surface area (Å²) >= 11 is 0. The molecular formula is C21H17N3. The van der Waals surface area contributed by atoms with Crippen LogP contribution in [0, 0.1) is 0 Å². The average molecular weight is 311 g/mol. The van der Waals surface area contributed by atoms with Crippen molar-refractivity contribution < 1.29 is 0 Å². The Balaban J connectivity index is 1.87. The molecule has 4 rings (SSSR count). The third-order valence-corrected chi connectivity index (χ3v) is 3.92. The van der Waals surface area contributed by atoms with Crippen molar-refractivity contribution in [2.75, 3.05) is 0 Å². The number of hydrazine groups is 1. The number of hydrogen-bond donors (Lipinski definition) is 2. The van der Waals surface area contributed by atoms with E-state index in [9.17, 15) is 0 Å². The van der Waals surface area contributed by atoms with Crippen LogP contribution in [0.5, 0.6) is 0 Å². The van der Waals surface area contributed by atoms with Crippen LogP contribution in [0.1, 0.15) is 16.7 Å². The highest BCUT2D eigenvalue weighted by molar-refractivity contribution is 6.07. The maximum absolute atomic E-state index is 4.90. The fourth-order valence-corrected chi connectivity index (χ4v) is 2.73. The molecule has 0 saturated carbocycles. The van der Waals surface area contributed by atoms with E-state index < -0.39 is 0 Å². The van der Waals surface area contributed by atoms with Gasteiger partial charge in [0.05, 0.1) is 11.4 Å². The predicted octanol–water partition coefficient (Wildman–Crippen LogP) is 4.07. The van der Waals surface area contributed by atoms with Crippen molar-refractivity contribution in [1.82, 2.24) is 10.9 Å². The van der Waals surface area contributed by atoms with Crippen molar-refractivity contribution in [3.05, 3.63) is 108 Å². The van der Waals surface area contributed by atoms with E-state index >= 15 is 0 Å². The van der Waals surface area contributed by atoms with Crippen LogP contribution < -0.4 is 10.9 Å². The van der Waals surface area contributed by atoms with Gasteiger partial charge in [-0.15, -0.1) is 0 Å². The first-order valence-corrected chi connectivity index (χ1v) is 7.93. The number of rotatable bonds is 3. The first-order chi connectivity index (χ1) is 11.9. The van der Waals surface area contributed by atoms with Crippen LogP contribution >= 0.6 is 0 Å². The molecule has 0 saturated heterocycles. The van der Waals surface area contributed by atoms with Crippen LogP contribution in [0.4, 0.5) is 0 Å². The molecule has 0 atom stereocenters. The first kappa shape index (κ1) is 14.3. The molecule has 0 bridgehead atoms. The van der Waals surface area contributed by atoms with Crippen LogP contribution in [-0.2, 0) is 0 Å². The Kier molecular flexibility index (Phi) is 3.82. The highest BCUT2D eigenvalue weighted by Gasteiger charge is 2.17. The number of nitrogens with zero attached hydrogens (tertiary/aromatic N) is 1. The average Bonchev–Trinajstić information content (AvgIpc) is 2.69. The molecule has 1 heterocycles. The third-order valence-electron chi connectivity index (χ3n) is 3.92. The molecule has 2 N–H and O–H groups in total. The van der Waals surface area contributed by atoms with Crippen LogP contribution in [0.25, 0.3) is 11.4 Å². The predicted molar refractivity (Wildman–Crippen MR) is 98.9 cm³/mol. The van der Waals surface area contributed by atoms with Crippen molar-refractivity contribution in [2.24, 2.45) is 4.99 Å². The fraction of sp³-hybridized carbons (Fsp3) is 0. The zero-order valence-electron chi connectivity index (χ0n) is 13.1. The van der Waals surface area contributed by atoms with E-state index in [0.717, 1.165) is 33.9 Å². The Morgan fingerprint density at radius 1 is 0.500 bits per heavy atom. The summed E-state index contributed by atoms with van der Waals surface area (Å²) in [4.78, 5) is 4.90. The van der Waals surface area contributed by atoms with Crippen molar-refractivity contribution in [2.45, 2.75) is 0 Å². The van der Waals surface area contributed by atoms with Gasteiger partial charge in [0, 0.05) is 16.7 Å². The number of amidine groups is 1. The molecule has 3 nitrogen and oxygen atoms in total. The normalized spacial score (nSPS) is 13.8. The Labute approximate surface area is 141 Å². The van der Waals surface area contributed by atoms with Crippen molar-refractivity contribution in [1.29, 1.82) is 0 Å². The molecule has 0 amide bonds. The van der Waals surface area contributed by atoms with E-state index in [1.807, 2.05) is 66.7 Å². The van der Waals surface area contributed by atoms with Gasteiger partial charge in [-0.2, -0.15) is 0 Å². The van der Waals surface area contributed by atoms with Gasteiger partial charge in [-0.1, -0.05) is 91.0 Å². The zero-order chi connectivity index (χ0) is 16.2. The molecule has 0 fully saturated rings. The van der Waals surface area contributed by atoms with Crippen LogP contribution in [0.15, 0.2) is 96.0 Å². The Bertz CT molecular complexity index is 882. The largest absolute Gasteiger partial charge is 0.297 e. The van der Waals surface area contributed by atoms with E-state index in [4.69, 9.17) is 4.99 Å². The van der Waals surface area contributed by atoms with Gasteiger partial charge in [0.15, 0.2) is 5.84 Å². The molecule has 1 aliphatic rings. The molecule has 0 aliphatic carbocycles. The molecule has 0 unspecified atom stereocenters. The number of benzene rings is 3. The third kappa shape index (κ3) is 2.79. The maximum Gasteiger partial charge on any atom is 0.152 e. The molecular weight excluding hydrogens is 294 g/mol. The lowest BCUT2D eigenvalue weighted by Crippen LogP contribution is -2.40. The molecule has 3 aromatic rings. The Morgan fingerprint density at radius 2 is 1.00 bits per heavy atom. The number of hydrogen-bond acceptors (Lipinski definition) is 3. The molecule has 0 spiro atoms. The van der Waals surface area contributed by atoms with Gasteiger partial charge in [0.1, 0.15) is 0 Å². The van der Waals surface area contributed by atoms with Crippen molar-refractivity contribution in [3.8, 4) is 0 Å². The van der Waals surface area contributed by atoms with Gasteiger partial charge in [-0.3, -0.25) is 10.9 Å². The van der Waals surface area contributed by atoms with Crippen LogP contribution in [0.2, 0.25) is 0 Å². The summed E-state index contributed by atoms with van der Waals surface area (Å²) in [6.07, 6.45) is 0. The summed E-state index contributed by atoms with van der Waals surface area (Å²) in [5.41, 5.74) is 11.7. The van der Waals surface area contributed by atoms with Gasteiger partial charge in [-0.25, -0.2) is 4.99 Å². The standard InChI is InChI=1S/C21H17N3/c1-4-10-16(11-5-1)19-20(17-12-6-2-7-13-17)23-24-21(22-19)18-14-8-3-9-15-18/h1-15,23H,(H,22,24). The first-order valence-electron chi connectivity index (χ1n) is 7.93. The highest BCUT2D eigenvalue weighted by atomic mass is 15.4. The van der Waals surface area contributed by atoms with Gasteiger partial charge < -0.3 is 0 Å². The molecule has 0 aromatic heterocycles. The van der Waals surface area contributed by atoms with Crippen molar-refractivity contribution >= 4 is 17.2 Å². The molecule has 24 heavy (non-hydrogen) atoms. The highest BCUT2D eigenvalue weighted by Crippen LogP contribution is 2.27. The number of aliphatic imine (C=N–C) groups is 1. The summed E-state index contributed by atoms with van der Waals surface area (Å²) in [5.74, 6) is 0.814. The second-order valence-corrected chi connectivity index (χ2v) is 5.53. The van der Waals surface area contributed by atoms with E-state index in [-0.39, 0.29) is 0 Å². The molecule has 3 aromatic carbocycles. The summed E-state index contributed by atoms with van der Waals surface area (Å²) in [7, 11) is 0. The van der Waals surface area contributed by atoms with E-state index in [1.165, 1.54) is 0 Å². The second-order valence-electron chi connectivity index (χ2n) is 5.53. The van der Waals surface area contributed by atoms with Crippen LogP contribution in [0.3, 0.4) is 0 Å². The molecule has 1 aliphatic heterocycles. The SMILES string of the molecule is c1ccc(C2=NC(c3ccccc3)=C(c3ccccc3)NN2)cc1. The number of nitrogens with one attached hydrogen (secondary N) is 2. The molecule has 0 radical (unpaired) electrons. The van der Waals surface area contributed by atoms with E-state index in [2.05, 4.69) is 35.1 Å². The van der Waals surface area contributed by atoms with Gasteiger partial charge in [0.25, 0.3) is 0 Å². The maximum atomic E-state index is 4.90. The van der Waals surface area contributed by atoms with Crippen molar-refractivity contribution in [3.63, 3.8) is 0 Å². The topological polar surface area (TPSA) is 36.4 Å². The zero-order valence-corrected chi connectivity index (χ0v) is 13.1. The summed E-state index contributed by atoms with van der Waals surface area (Å²) in [6, 6.07) is 30.6. The molecule has 116 valence electrons. The van der Waals surface area contributed by atoms with Gasteiger partial charge in [0.2, 0.25) is 0 Å². The minimum atomic E-state index is 0.814. The lowest BCUT2D eigenvalue weighted by atomic mass is 10.0. The lowest BCUT2D eigenvalue weighted by molar-refractivity contribution is 0.827. The Morgan fingerprint density at radius 3 is 1.58 bits per heavy atom. The minimum absolute atomic E-state index is 0.814. The Hall–Kier alpha value is -3.33. The second kappa shape index (κ2) is 6.42.